The summed E-state index contributed by atoms with van der Waals surface area (Å²) in [5, 5.41) is 5.19. The van der Waals surface area contributed by atoms with E-state index in [1.54, 1.807) is 4.68 Å². The van der Waals surface area contributed by atoms with E-state index >= 15 is 0 Å². The lowest BCUT2D eigenvalue weighted by Gasteiger charge is -1.98. The number of aryl methyl sites for hydroxylation is 3. The normalized spacial score (nSPS) is 10.9. The summed E-state index contributed by atoms with van der Waals surface area (Å²) in [5.74, 6) is 0.880. The van der Waals surface area contributed by atoms with Gasteiger partial charge in [-0.3, -0.25) is 4.68 Å². The molecule has 0 unspecified atom stereocenters. The summed E-state index contributed by atoms with van der Waals surface area (Å²) in [6.45, 7) is 3.94. The van der Waals surface area contributed by atoms with Crippen molar-refractivity contribution in [3.05, 3.63) is 11.5 Å². The Morgan fingerprint density at radius 1 is 1.50 bits per heavy atom. The van der Waals surface area contributed by atoms with E-state index in [4.69, 9.17) is 5.73 Å². The maximum atomic E-state index is 5.94. The molecule has 0 aliphatic carbocycles. The molecule has 0 aliphatic rings. The zero-order valence-corrected chi connectivity index (χ0v) is 11.0. The van der Waals surface area contributed by atoms with Gasteiger partial charge < -0.3 is 5.73 Å². The van der Waals surface area contributed by atoms with Gasteiger partial charge in [0.15, 0.2) is 4.34 Å². The van der Waals surface area contributed by atoms with Crippen LogP contribution in [-0.4, -0.2) is 19.1 Å². The van der Waals surface area contributed by atoms with E-state index in [0.29, 0.717) is 0 Å². The molecule has 0 aromatic carbocycles. The topological polar surface area (TPSA) is 69.6 Å². The van der Waals surface area contributed by atoms with Gasteiger partial charge in [0.25, 0.3) is 0 Å². The number of nitrogens with two attached hydrogens (primary N) is 1. The van der Waals surface area contributed by atoms with Crippen molar-refractivity contribution in [2.45, 2.75) is 29.6 Å². The molecule has 0 bridgehead atoms. The first-order valence-electron chi connectivity index (χ1n) is 4.91. The standard InChI is InChI=1S/C9H13N5S2/c1-4-6-11-9(16-13-6)15-8-7(10)5(2)12-14(8)3/h4,10H2,1-3H3. The van der Waals surface area contributed by atoms with Crippen molar-refractivity contribution in [2.24, 2.45) is 7.05 Å². The van der Waals surface area contributed by atoms with Crippen LogP contribution in [0.4, 0.5) is 5.69 Å². The molecule has 86 valence electrons. The van der Waals surface area contributed by atoms with Crippen LogP contribution in [-0.2, 0) is 13.5 Å². The van der Waals surface area contributed by atoms with Crippen LogP contribution in [0.3, 0.4) is 0 Å². The molecule has 0 spiro atoms. The van der Waals surface area contributed by atoms with Crippen LogP contribution in [0, 0.1) is 6.92 Å². The highest BCUT2D eigenvalue weighted by Crippen LogP contribution is 2.33. The third-order valence-electron chi connectivity index (χ3n) is 2.16. The lowest BCUT2D eigenvalue weighted by molar-refractivity contribution is 0.693. The molecule has 0 amide bonds. The van der Waals surface area contributed by atoms with Crippen molar-refractivity contribution < 1.29 is 0 Å². The smallest absolute Gasteiger partial charge is 0.176 e. The molecule has 2 N–H and O–H groups in total. The number of nitrogen functional groups attached to an aromatic ring is 1. The number of nitrogens with zero attached hydrogens (tertiary/aromatic N) is 4. The molecule has 0 atom stereocenters. The molecule has 16 heavy (non-hydrogen) atoms. The van der Waals surface area contributed by atoms with Crippen molar-refractivity contribution in [2.75, 3.05) is 5.73 Å². The number of rotatable bonds is 3. The second kappa shape index (κ2) is 4.42. The molecule has 7 heteroatoms. The summed E-state index contributed by atoms with van der Waals surface area (Å²) in [7, 11) is 1.88. The van der Waals surface area contributed by atoms with Crippen molar-refractivity contribution in [1.82, 2.24) is 19.1 Å². The van der Waals surface area contributed by atoms with Crippen molar-refractivity contribution in [3.8, 4) is 0 Å². The van der Waals surface area contributed by atoms with Crippen LogP contribution in [0.15, 0.2) is 9.37 Å². The largest absolute Gasteiger partial charge is 0.395 e. The fraction of sp³-hybridized carbons (Fsp3) is 0.444. The first-order valence-corrected chi connectivity index (χ1v) is 6.50. The molecule has 0 aliphatic heterocycles. The minimum Gasteiger partial charge on any atom is -0.395 e. The fourth-order valence-corrected chi connectivity index (χ4v) is 3.02. The molecular formula is C9H13N5S2. The van der Waals surface area contributed by atoms with Gasteiger partial charge in [0.05, 0.1) is 11.4 Å². The van der Waals surface area contributed by atoms with Crippen LogP contribution in [0.5, 0.6) is 0 Å². The first kappa shape index (κ1) is 11.4. The molecule has 2 aromatic rings. The zero-order valence-electron chi connectivity index (χ0n) is 9.39. The third-order valence-corrected chi connectivity index (χ3v) is 4.13. The summed E-state index contributed by atoms with van der Waals surface area (Å²) in [6.07, 6.45) is 0.858. The van der Waals surface area contributed by atoms with E-state index in [-0.39, 0.29) is 0 Å². The molecular weight excluding hydrogens is 242 g/mol. The Bertz CT molecular complexity index is 502. The van der Waals surface area contributed by atoms with Gasteiger partial charge in [0.2, 0.25) is 0 Å². The Balaban J connectivity index is 2.26. The van der Waals surface area contributed by atoms with Gasteiger partial charge in [-0.2, -0.15) is 9.47 Å². The summed E-state index contributed by atoms with van der Waals surface area (Å²) in [6, 6.07) is 0. The van der Waals surface area contributed by atoms with Gasteiger partial charge in [0.1, 0.15) is 10.9 Å². The van der Waals surface area contributed by atoms with Crippen LogP contribution in [0.2, 0.25) is 0 Å². The highest BCUT2D eigenvalue weighted by molar-refractivity contribution is 8.01. The van der Waals surface area contributed by atoms with Gasteiger partial charge in [0, 0.05) is 13.5 Å². The third kappa shape index (κ3) is 2.05. The van der Waals surface area contributed by atoms with Gasteiger partial charge in [-0.15, -0.1) is 0 Å². The van der Waals surface area contributed by atoms with Crippen molar-refractivity contribution in [3.63, 3.8) is 0 Å². The summed E-state index contributed by atoms with van der Waals surface area (Å²) in [5.41, 5.74) is 7.52. The molecule has 0 radical (unpaired) electrons. The van der Waals surface area contributed by atoms with Gasteiger partial charge >= 0.3 is 0 Å². The molecule has 2 heterocycles. The van der Waals surface area contributed by atoms with Crippen LogP contribution in [0.25, 0.3) is 0 Å². The Labute approximate surface area is 102 Å². The maximum absolute atomic E-state index is 5.94. The SMILES string of the molecule is CCc1nsc(Sc2c(N)c(C)nn2C)n1. The van der Waals surface area contributed by atoms with E-state index in [0.717, 1.165) is 33.0 Å². The quantitative estimate of drug-likeness (QED) is 0.906. The predicted octanol–water partition coefficient (Wildman–Crippen LogP) is 1.88. The summed E-state index contributed by atoms with van der Waals surface area (Å²) >= 11 is 2.92. The van der Waals surface area contributed by atoms with Gasteiger partial charge in [-0.25, -0.2) is 4.98 Å². The van der Waals surface area contributed by atoms with Crippen LogP contribution in [0.1, 0.15) is 18.4 Å². The number of hydrogen-bond acceptors (Lipinski definition) is 6. The number of anilines is 1. The average molecular weight is 255 g/mol. The predicted molar refractivity (Wildman–Crippen MR) is 65.8 cm³/mol. The number of hydrogen-bond donors (Lipinski definition) is 1. The average Bonchev–Trinajstić information content (AvgIpc) is 2.80. The second-order valence-corrected chi connectivity index (χ2v) is 5.35. The van der Waals surface area contributed by atoms with E-state index in [1.807, 2.05) is 20.9 Å². The van der Waals surface area contributed by atoms with E-state index in [1.165, 1.54) is 23.3 Å². The monoisotopic (exact) mass is 255 g/mol. The minimum atomic E-state index is 0.723. The maximum Gasteiger partial charge on any atom is 0.176 e. The first-order chi connectivity index (χ1) is 7.61. The zero-order chi connectivity index (χ0) is 11.7. The fourth-order valence-electron chi connectivity index (χ4n) is 1.28. The van der Waals surface area contributed by atoms with Crippen LogP contribution < -0.4 is 5.73 Å². The van der Waals surface area contributed by atoms with Crippen molar-refractivity contribution >= 4 is 29.0 Å². The molecule has 2 aromatic heterocycles. The highest BCUT2D eigenvalue weighted by atomic mass is 32.2. The molecule has 0 saturated heterocycles. The van der Waals surface area contributed by atoms with Gasteiger partial charge in [-0.1, -0.05) is 6.92 Å². The van der Waals surface area contributed by atoms with E-state index in [9.17, 15) is 0 Å². The Hall–Kier alpha value is -1.08. The minimum absolute atomic E-state index is 0.723. The Morgan fingerprint density at radius 3 is 2.75 bits per heavy atom. The summed E-state index contributed by atoms with van der Waals surface area (Å²) in [4.78, 5) is 4.39. The Kier molecular flexibility index (Phi) is 3.15. The highest BCUT2D eigenvalue weighted by Gasteiger charge is 2.13. The molecule has 0 saturated carbocycles. The lowest BCUT2D eigenvalue weighted by atomic mass is 10.4. The number of aromatic nitrogens is 4. The van der Waals surface area contributed by atoms with Crippen molar-refractivity contribution in [1.29, 1.82) is 0 Å². The molecule has 2 rings (SSSR count). The molecule has 0 fully saturated rings. The van der Waals surface area contributed by atoms with Crippen LogP contribution >= 0.6 is 23.3 Å². The molecule has 5 nitrogen and oxygen atoms in total. The van der Waals surface area contributed by atoms with Gasteiger partial charge in [-0.05, 0) is 30.2 Å². The van der Waals surface area contributed by atoms with E-state index in [2.05, 4.69) is 14.5 Å². The Morgan fingerprint density at radius 2 is 2.25 bits per heavy atom. The van der Waals surface area contributed by atoms with E-state index < -0.39 is 0 Å². The second-order valence-electron chi connectivity index (χ2n) is 3.36. The summed E-state index contributed by atoms with van der Waals surface area (Å²) < 4.78 is 6.93. The lowest BCUT2D eigenvalue weighted by Crippen LogP contribution is -1.93.